The molecule has 0 spiro atoms. The molecule has 15 heavy (non-hydrogen) atoms. The lowest BCUT2D eigenvalue weighted by Gasteiger charge is -2.13. The van der Waals surface area contributed by atoms with Crippen LogP contribution >= 0.6 is 15.9 Å². The van der Waals surface area contributed by atoms with E-state index >= 15 is 0 Å². The predicted octanol–water partition coefficient (Wildman–Crippen LogP) is 2.29. The summed E-state index contributed by atoms with van der Waals surface area (Å²) in [5.41, 5.74) is 0.935. The highest BCUT2D eigenvalue weighted by Gasteiger charge is 2.10. The third kappa shape index (κ3) is 3.09. The van der Waals surface area contributed by atoms with Gasteiger partial charge in [0.2, 0.25) is 0 Å². The molecule has 1 N–H and O–H groups in total. The smallest absolute Gasteiger partial charge is 0.174 e. The van der Waals surface area contributed by atoms with Crippen LogP contribution < -0.4 is 9.47 Å². The zero-order valence-electron chi connectivity index (χ0n) is 8.95. The van der Waals surface area contributed by atoms with E-state index in [1.807, 2.05) is 12.1 Å². The summed E-state index contributed by atoms with van der Waals surface area (Å²) in [6.45, 7) is 0.430. The molecule has 0 aliphatic heterocycles. The summed E-state index contributed by atoms with van der Waals surface area (Å²) in [5, 5.41) is 10.2. The molecular weight excluding hydrogens is 262 g/mol. The highest BCUT2D eigenvalue weighted by molar-refractivity contribution is 9.10. The summed E-state index contributed by atoms with van der Waals surface area (Å²) in [4.78, 5) is 0. The molecule has 0 atom stereocenters. The molecule has 4 nitrogen and oxygen atoms in total. The summed E-state index contributed by atoms with van der Waals surface area (Å²) in [6.07, 6.45) is 0. The average Bonchev–Trinajstić information content (AvgIpc) is 2.15. The van der Waals surface area contributed by atoms with Crippen LogP contribution in [0.3, 0.4) is 0 Å². The van der Waals surface area contributed by atoms with Gasteiger partial charge in [0.25, 0.3) is 0 Å². The summed E-state index contributed by atoms with van der Waals surface area (Å²) < 4.78 is 11.2. The SMILES string of the molecule is COc1cc(CN(C)O)cc(Br)c1OC. The summed E-state index contributed by atoms with van der Waals surface area (Å²) in [6, 6.07) is 3.71. The monoisotopic (exact) mass is 275 g/mol. The number of ether oxygens (including phenoxy) is 2. The third-order valence-electron chi connectivity index (χ3n) is 1.90. The first-order valence-electron chi connectivity index (χ1n) is 4.39. The Hall–Kier alpha value is -0.780. The van der Waals surface area contributed by atoms with Gasteiger partial charge >= 0.3 is 0 Å². The Morgan fingerprint density at radius 1 is 1.33 bits per heavy atom. The Labute approximate surface area is 97.5 Å². The van der Waals surface area contributed by atoms with Crippen molar-refractivity contribution in [1.29, 1.82) is 0 Å². The molecule has 1 rings (SSSR count). The molecule has 1 aromatic rings. The summed E-state index contributed by atoms with van der Waals surface area (Å²) in [5.74, 6) is 1.30. The number of hydrogen-bond acceptors (Lipinski definition) is 4. The first-order chi connectivity index (χ1) is 7.08. The molecule has 84 valence electrons. The van der Waals surface area contributed by atoms with Crippen LogP contribution in [-0.4, -0.2) is 31.5 Å². The largest absolute Gasteiger partial charge is 0.493 e. The zero-order valence-corrected chi connectivity index (χ0v) is 10.5. The number of methoxy groups -OCH3 is 2. The standard InChI is InChI=1S/C10H14BrNO3/c1-12(13)6-7-4-8(11)10(15-3)9(5-7)14-2/h4-5,13H,6H2,1-3H3. The van der Waals surface area contributed by atoms with Crippen molar-refractivity contribution in [2.75, 3.05) is 21.3 Å². The van der Waals surface area contributed by atoms with Crippen LogP contribution in [0.15, 0.2) is 16.6 Å². The normalized spacial score (nSPS) is 10.5. The van der Waals surface area contributed by atoms with Crippen molar-refractivity contribution >= 4 is 15.9 Å². The van der Waals surface area contributed by atoms with Crippen LogP contribution in [0.25, 0.3) is 0 Å². The molecule has 0 aromatic heterocycles. The van der Waals surface area contributed by atoms with Gasteiger partial charge in [0.1, 0.15) is 0 Å². The van der Waals surface area contributed by atoms with Crippen LogP contribution in [0.5, 0.6) is 11.5 Å². The molecule has 0 aliphatic carbocycles. The van der Waals surface area contributed by atoms with Gasteiger partial charge in [-0.15, -0.1) is 0 Å². The van der Waals surface area contributed by atoms with Crippen molar-refractivity contribution in [2.45, 2.75) is 6.54 Å². The molecule has 0 bridgehead atoms. The maximum absolute atomic E-state index is 9.13. The quantitative estimate of drug-likeness (QED) is 0.857. The Morgan fingerprint density at radius 3 is 2.47 bits per heavy atom. The Kier molecular flexibility index (Phi) is 4.38. The summed E-state index contributed by atoms with van der Waals surface area (Å²) in [7, 11) is 4.75. The average molecular weight is 276 g/mol. The number of benzene rings is 1. The Balaban J connectivity index is 3.08. The van der Waals surface area contributed by atoms with Crippen LogP contribution in [0, 0.1) is 0 Å². The maximum Gasteiger partial charge on any atom is 0.174 e. The minimum absolute atomic E-state index is 0.430. The van der Waals surface area contributed by atoms with Gasteiger partial charge in [0.05, 0.1) is 18.7 Å². The van der Waals surface area contributed by atoms with Crippen molar-refractivity contribution in [2.24, 2.45) is 0 Å². The highest BCUT2D eigenvalue weighted by atomic mass is 79.9. The first-order valence-corrected chi connectivity index (χ1v) is 5.18. The van der Waals surface area contributed by atoms with Gasteiger partial charge in [-0.05, 0) is 33.6 Å². The van der Waals surface area contributed by atoms with E-state index in [9.17, 15) is 0 Å². The maximum atomic E-state index is 9.13. The lowest BCUT2D eigenvalue weighted by molar-refractivity contribution is -0.0731. The number of hydrogen-bond donors (Lipinski definition) is 1. The molecule has 0 heterocycles. The van der Waals surface area contributed by atoms with E-state index in [0.29, 0.717) is 18.0 Å². The number of hydroxylamine groups is 2. The predicted molar refractivity (Wildman–Crippen MR) is 60.5 cm³/mol. The third-order valence-corrected chi connectivity index (χ3v) is 2.49. The van der Waals surface area contributed by atoms with E-state index < -0.39 is 0 Å². The van der Waals surface area contributed by atoms with E-state index in [1.165, 1.54) is 0 Å². The number of rotatable bonds is 4. The van der Waals surface area contributed by atoms with E-state index in [-0.39, 0.29) is 0 Å². The van der Waals surface area contributed by atoms with Gasteiger partial charge in [-0.2, -0.15) is 5.06 Å². The number of halogens is 1. The Bertz CT molecular complexity index is 342. The fourth-order valence-corrected chi connectivity index (χ4v) is 1.98. The van der Waals surface area contributed by atoms with Gasteiger partial charge in [-0.3, -0.25) is 0 Å². The molecule has 0 amide bonds. The molecular formula is C10H14BrNO3. The molecule has 0 saturated carbocycles. The second-order valence-electron chi connectivity index (χ2n) is 3.13. The lowest BCUT2D eigenvalue weighted by Crippen LogP contribution is -2.11. The fourth-order valence-electron chi connectivity index (χ4n) is 1.33. The van der Waals surface area contributed by atoms with Crippen LogP contribution in [0.1, 0.15) is 5.56 Å². The van der Waals surface area contributed by atoms with Crippen LogP contribution in [0.2, 0.25) is 0 Å². The second kappa shape index (κ2) is 5.34. The minimum atomic E-state index is 0.430. The van der Waals surface area contributed by atoms with Crippen LogP contribution in [0.4, 0.5) is 0 Å². The fraction of sp³-hybridized carbons (Fsp3) is 0.400. The summed E-state index contributed by atoms with van der Waals surface area (Å²) >= 11 is 3.38. The van der Waals surface area contributed by atoms with Gasteiger partial charge in [-0.25, -0.2) is 0 Å². The minimum Gasteiger partial charge on any atom is -0.493 e. The van der Waals surface area contributed by atoms with E-state index in [4.69, 9.17) is 14.7 Å². The van der Waals surface area contributed by atoms with Crippen molar-refractivity contribution < 1.29 is 14.7 Å². The molecule has 0 fully saturated rings. The molecule has 0 saturated heterocycles. The van der Waals surface area contributed by atoms with Gasteiger partial charge in [0.15, 0.2) is 11.5 Å². The van der Waals surface area contributed by atoms with Crippen molar-refractivity contribution in [1.82, 2.24) is 5.06 Å². The molecule has 0 radical (unpaired) electrons. The first kappa shape index (κ1) is 12.3. The van der Waals surface area contributed by atoms with E-state index in [0.717, 1.165) is 15.1 Å². The van der Waals surface area contributed by atoms with Crippen LogP contribution in [-0.2, 0) is 6.54 Å². The molecule has 1 aromatic carbocycles. The van der Waals surface area contributed by atoms with Crippen molar-refractivity contribution in [3.63, 3.8) is 0 Å². The molecule has 0 aliphatic rings. The highest BCUT2D eigenvalue weighted by Crippen LogP contribution is 2.36. The molecule has 0 unspecified atom stereocenters. The second-order valence-corrected chi connectivity index (χ2v) is 3.98. The van der Waals surface area contributed by atoms with Crippen molar-refractivity contribution in [3.8, 4) is 11.5 Å². The zero-order chi connectivity index (χ0) is 11.4. The number of nitrogens with zero attached hydrogens (tertiary/aromatic N) is 1. The Morgan fingerprint density at radius 2 is 2.00 bits per heavy atom. The molecule has 5 heteroatoms. The van der Waals surface area contributed by atoms with Gasteiger partial charge in [-0.1, -0.05) is 0 Å². The lowest BCUT2D eigenvalue weighted by atomic mass is 10.2. The topological polar surface area (TPSA) is 41.9 Å². The van der Waals surface area contributed by atoms with Gasteiger partial charge in [0, 0.05) is 13.6 Å². The van der Waals surface area contributed by atoms with E-state index in [1.54, 1.807) is 21.3 Å². The van der Waals surface area contributed by atoms with E-state index in [2.05, 4.69) is 15.9 Å². The van der Waals surface area contributed by atoms with Crippen molar-refractivity contribution in [3.05, 3.63) is 22.2 Å². The van der Waals surface area contributed by atoms with Gasteiger partial charge < -0.3 is 14.7 Å².